The number of phenolic OH excluding ortho intramolecular Hbond substituents is 1. The van der Waals surface area contributed by atoms with Gasteiger partial charge in [0, 0.05) is 11.6 Å². The maximum absolute atomic E-state index is 13.8. The molecule has 0 radical (unpaired) electrons. The number of aromatic amines is 1. The Kier molecular flexibility index (Phi) is 4.59. The van der Waals surface area contributed by atoms with E-state index in [1.54, 1.807) is 12.1 Å². The van der Waals surface area contributed by atoms with Gasteiger partial charge >= 0.3 is 0 Å². The molecule has 136 valence electrons. The number of hydrogen-bond donors (Lipinski definition) is 2. The van der Waals surface area contributed by atoms with Gasteiger partial charge in [0.05, 0.1) is 17.6 Å². The van der Waals surface area contributed by atoms with E-state index in [-0.39, 0.29) is 11.3 Å². The molecule has 4 nitrogen and oxygen atoms in total. The molecule has 0 unspecified atom stereocenters. The molecule has 1 fully saturated rings. The number of phenols is 1. The zero-order valence-electron chi connectivity index (χ0n) is 14.4. The van der Waals surface area contributed by atoms with E-state index in [0.717, 1.165) is 42.8 Å². The Morgan fingerprint density at radius 1 is 1.12 bits per heavy atom. The van der Waals surface area contributed by atoms with Gasteiger partial charge in [-0.05, 0) is 62.5 Å². The molecule has 0 spiro atoms. The van der Waals surface area contributed by atoms with E-state index in [9.17, 15) is 13.9 Å². The van der Waals surface area contributed by atoms with Crippen molar-refractivity contribution in [3.05, 3.63) is 59.4 Å². The molecule has 0 bridgehead atoms. The summed E-state index contributed by atoms with van der Waals surface area (Å²) < 4.78 is 27.6. The first kappa shape index (κ1) is 17.0. The minimum atomic E-state index is -0.446. The van der Waals surface area contributed by atoms with Crippen molar-refractivity contribution in [2.45, 2.75) is 25.8 Å². The Morgan fingerprint density at radius 2 is 1.85 bits per heavy atom. The van der Waals surface area contributed by atoms with E-state index in [2.05, 4.69) is 14.9 Å². The SMILES string of the molecule is Oc1ccc2[nH]c(CN3CCC(Cc4c(F)cccc4F)CC3)nc2c1. The number of imidazole rings is 1. The van der Waals surface area contributed by atoms with Crippen molar-refractivity contribution in [3.8, 4) is 5.75 Å². The van der Waals surface area contributed by atoms with Crippen LogP contribution in [0.1, 0.15) is 24.2 Å². The van der Waals surface area contributed by atoms with E-state index in [1.165, 1.54) is 18.2 Å². The molecule has 1 saturated heterocycles. The van der Waals surface area contributed by atoms with Crippen molar-refractivity contribution in [2.75, 3.05) is 13.1 Å². The zero-order chi connectivity index (χ0) is 18.1. The lowest BCUT2D eigenvalue weighted by Gasteiger charge is -2.31. The van der Waals surface area contributed by atoms with E-state index >= 15 is 0 Å². The number of aromatic hydroxyl groups is 1. The Labute approximate surface area is 150 Å². The van der Waals surface area contributed by atoms with Crippen LogP contribution in [0.25, 0.3) is 11.0 Å². The lowest BCUT2D eigenvalue weighted by Crippen LogP contribution is -2.34. The van der Waals surface area contributed by atoms with Crippen molar-refractivity contribution >= 4 is 11.0 Å². The lowest BCUT2D eigenvalue weighted by atomic mass is 9.90. The van der Waals surface area contributed by atoms with E-state index in [1.807, 2.05) is 6.07 Å². The van der Waals surface area contributed by atoms with Crippen LogP contribution >= 0.6 is 0 Å². The standard InChI is InChI=1S/C20H21F2N3O/c21-16-2-1-3-17(22)15(16)10-13-6-8-25(9-7-13)12-20-23-18-5-4-14(26)11-19(18)24-20/h1-5,11,13,26H,6-10,12H2,(H,23,24). The summed E-state index contributed by atoms with van der Waals surface area (Å²) in [5, 5.41) is 9.53. The smallest absolute Gasteiger partial charge is 0.129 e. The number of rotatable bonds is 4. The maximum Gasteiger partial charge on any atom is 0.129 e. The lowest BCUT2D eigenvalue weighted by molar-refractivity contribution is 0.173. The number of nitrogens with one attached hydrogen (secondary N) is 1. The first-order valence-corrected chi connectivity index (χ1v) is 8.91. The van der Waals surface area contributed by atoms with Crippen LogP contribution in [0.15, 0.2) is 36.4 Å². The fourth-order valence-corrected chi connectivity index (χ4v) is 3.70. The number of piperidine rings is 1. The molecule has 0 amide bonds. The van der Waals surface area contributed by atoms with Gasteiger partial charge in [-0.2, -0.15) is 0 Å². The molecule has 0 aliphatic carbocycles. The highest BCUT2D eigenvalue weighted by Gasteiger charge is 2.22. The molecule has 2 aromatic carbocycles. The Balaban J connectivity index is 1.36. The van der Waals surface area contributed by atoms with Gasteiger partial charge in [0.15, 0.2) is 0 Å². The van der Waals surface area contributed by atoms with Crippen LogP contribution in [0.4, 0.5) is 8.78 Å². The molecular weight excluding hydrogens is 336 g/mol. The molecular formula is C20H21F2N3O. The number of hydrogen-bond acceptors (Lipinski definition) is 3. The number of nitrogens with zero attached hydrogens (tertiary/aromatic N) is 2. The van der Waals surface area contributed by atoms with Gasteiger partial charge < -0.3 is 10.1 Å². The Morgan fingerprint density at radius 3 is 2.58 bits per heavy atom. The number of aromatic nitrogens is 2. The normalized spacial score (nSPS) is 16.4. The number of halogens is 2. The summed E-state index contributed by atoms with van der Waals surface area (Å²) >= 11 is 0. The fraction of sp³-hybridized carbons (Fsp3) is 0.350. The Bertz CT molecular complexity index is 896. The Hall–Kier alpha value is -2.47. The van der Waals surface area contributed by atoms with Gasteiger partial charge in [0.25, 0.3) is 0 Å². The summed E-state index contributed by atoms with van der Waals surface area (Å²) in [4.78, 5) is 10.1. The minimum Gasteiger partial charge on any atom is -0.508 e. The highest BCUT2D eigenvalue weighted by atomic mass is 19.1. The minimum absolute atomic E-state index is 0.205. The quantitative estimate of drug-likeness (QED) is 0.742. The second-order valence-electron chi connectivity index (χ2n) is 7.01. The molecule has 2 heterocycles. The van der Waals surface area contributed by atoms with Gasteiger partial charge in [0.2, 0.25) is 0 Å². The van der Waals surface area contributed by atoms with Gasteiger partial charge in [-0.3, -0.25) is 4.90 Å². The predicted octanol–water partition coefficient (Wildman–Crippen LogP) is 4.00. The second-order valence-corrected chi connectivity index (χ2v) is 7.01. The molecule has 6 heteroatoms. The average molecular weight is 357 g/mol. The van der Waals surface area contributed by atoms with Crippen LogP contribution < -0.4 is 0 Å². The number of benzene rings is 2. The van der Waals surface area contributed by atoms with Crippen LogP contribution in [0.3, 0.4) is 0 Å². The summed E-state index contributed by atoms with van der Waals surface area (Å²) in [5.41, 5.74) is 1.87. The third kappa shape index (κ3) is 3.55. The highest BCUT2D eigenvalue weighted by Crippen LogP contribution is 2.25. The summed E-state index contributed by atoms with van der Waals surface area (Å²) in [6.07, 6.45) is 2.28. The monoisotopic (exact) mass is 357 g/mol. The molecule has 1 aliphatic heterocycles. The van der Waals surface area contributed by atoms with Crippen LogP contribution in [0.5, 0.6) is 5.75 Å². The van der Waals surface area contributed by atoms with Crippen molar-refractivity contribution < 1.29 is 13.9 Å². The number of H-pyrrole nitrogens is 1. The number of fused-ring (bicyclic) bond motifs is 1. The van der Waals surface area contributed by atoms with Crippen LogP contribution in [-0.2, 0) is 13.0 Å². The first-order chi connectivity index (χ1) is 12.6. The van der Waals surface area contributed by atoms with Crippen molar-refractivity contribution in [1.29, 1.82) is 0 Å². The van der Waals surface area contributed by atoms with Crippen LogP contribution in [0, 0.1) is 17.6 Å². The molecule has 2 N–H and O–H groups in total. The predicted molar refractivity (Wildman–Crippen MR) is 95.8 cm³/mol. The van der Waals surface area contributed by atoms with Gasteiger partial charge in [0.1, 0.15) is 23.2 Å². The highest BCUT2D eigenvalue weighted by molar-refractivity contribution is 5.76. The number of likely N-dealkylation sites (tertiary alicyclic amines) is 1. The summed E-state index contributed by atoms with van der Waals surface area (Å²) in [5.74, 6) is 0.474. The topological polar surface area (TPSA) is 52.1 Å². The molecule has 26 heavy (non-hydrogen) atoms. The molecule has 0 atom stereocenters. The fourth-order valence-electron chi connectivity index (χ4n) is 3.70. The summed E-state index contributed by atoms with van der Waals surface area (Å²) in [7, 11) is 0. The molecule has 0 saturated carbocycles. The van der Waals surface area contributed by atoms with Crippen LogP contribution in [-0.4, -0.2) is 33.1 Å². The average Bonchev–Trinajstić information content (AvgIpc) is 3.01. The van der Waals surface area contributed by atoms with Crippen LogP contribution in [0.2, 0.25) is 0 Å². The molecule has 1 aliphatic rings. The second kappa shape index (κ2) is 7.03. The van der Waals surface area contributed by atoms with E-state index < -0.39 is 11.6 Å². The summed E-state index contributed by atoms with van der Waals surface area (Å²) in [6, 6.07) is 9.15. The van der Waals surface area contributed by atoms with E-state index in [4.69, 9.17) is 0 Å². The van der Waals surface area contributed by atoms with Gasteiger partial charge in [-0.25, -0.2) is 13.8 Å². The van der Waals surface area contributed by atoms with Crippen molar-refractivity contribution in [2.24, 2.45) is 5.92 Å². The maximum atomic E-state index is 13.8. The third-order valence-corrected chi connectivity index (χ3v) is 5.15. The molecule has 1 aromatic heterocycles. The van der Waals surface area contributed by atoms with Crippen molar-refractivity contribution in [3.63, 3.8) is 0 Å². The van der Waals surface area contributed by atoms with Gasteiger partial charge in [-0.1, -0.05) is 6.07 Å². The van der Waals surface area contributed by atoms with Crippen molar-refractivity contribution in [1.82, 2.24) is 14.9 Å². The third-order valence-electron chi connectivity index (χ3n) is 5.15. The molecule has 4 rings (SSSR count). The zero-order valence-corrected chi connectivity index (χ0v) is 14.4. The van der Waals surface area contributed by atoms with E-state index in [0.29, 0.717) is 18.9 Å². The largest absolute Gasteiger partial charge is 0.508 e. The van der Waals surface area contributed by atoms with Gasteiger partial charge in [-0.15, -0.1) is 0 Å². The summed E-state index contributed by atoms with van der Waals surface area (Å²) in [6.45, 7) is 2.46. The first-order valence-electron chi connectivity index (χ1n) is 8.91. The molecule has 3 aromatic rings.